The first kappa shape index (κ1) is 24.8. The van der Waals surface area contributed by atoms with E-state index in [1.807, 2.05) is 51.1 Å². The lowest BCUT2D eigenvalue weighted by Crippen LogP contribution is -1.81. The van der Waals surface area contributed by atoms with Crippen molar-refractivity contribution in [1.82, 2.24) is 0 Å². The van der Waals surface area contributed by atoms with E-state index in [9.17, 15) is 0 Å². The number of unbranched alkanes of at least 4 members (excludes halogenated alkanes) is 12. The van der Waals surface area contributed by atoms with Crippen LogP contribution in [0, 0.1) is 0 Å². The first-order valence-corrected chi connectivity index (χ1v) is 16.1. The Hall–Kier alpha value is 1.75. The molecule has 0 aromatic rings. The van der Waals surface area contributed by atoms with E-state index >= 15 is 0 Å². The van der Waals surface area contributed by atoms with Gasteiger partial charge in [-0.25, -0.2) is 0 Å². The minimum absolute atomic E-state index is 1.33. The zero-order chi connectivity index (χ0) is 16.8. The van der Waals surface area contributed by atoms with Gasteiger partial charge in [0.15, 0.2) is 0 Å². The Morgan fingerprint density at radius 1 is 0.391 bits per heavy atom. The summed E-state index contributed by atoms with van der Waals surface area (Å²) in [4.78, 5) is 0. The predicted octanol–water partition coefficient (Wildman–Crippen LogP) is 9.81. The second-order valence-corrected chi connectivity index (χ2v) is 14.1. The summed E-state index contributed by atoms with van der Waals surface area (Å²) < 4.78 is 0. The summed E-state index contributed by atoms with van der Waals surface area (Å²) in [5.74, 6) is 2.66. The smallest absolute Gasteiger partial charge is 0.00454 e. The molecular formula is C18H38S5. The zero-order valence-electron chi connectivity index (χ0n) is 15.4. The molecule has 0 rings (SSSR count). The molecule has 0 heterocycles. The molecular weight excluding hydrogens is 377 g/mol. The van der Waals surface area contributed by atoms with Crippen molar-refractivity contribution in [3.63, 3.8) is 0 Å². The van der Waals surface area contributed by atoms with Crippen LogP contribution in [0.3, 0.4) is 0 Å². The second-order valence-electron chi connectivity index (χ2n) is 6.09. The van der Waals surface area contributed by atoms with E-state index < -0.39 is 0 Å². The summed E-state index contributed by atoms with van der Waals surface area (Å²) in [6.45, 7) is 4.58. The molecule has 0 nitrogen and oxygen atoms in total. The summed E-state index contributed by atoms with van der Waals surface area (Å²) in [5.41, 5.74) is 0. The Labute approximate surface area is 165 Å². The Kier molecular flexibility index (Phi) is 25.6. The van der Waals surface area contributed by atoms with Gasteiger partial charge < -0.3 is 0 Å². The Balaban J connectivity index is 2.92. The first-order valence-electron chi connectivity index (χ1n) is 9.66. The number of hydrogen-bond donors (Lipinski definition) is 0. The molecule has 140 valence electrons. The molecule has 0 unspecified atom stereocenters. The van der Waals surface area contributed by atoms with Gasteiger partial charge in [-0.1, -0.05) is 112 Å². The lowest BCUT2D eigenvalue weighted by Gasteiger charge is -2.02. The number of rotatable bonds is 20. The molecule has 0 aliphatic rings. The van der Waals surface area contributed by atoms with Crippen molar-refractivity contribution in [3.05, 3.63) is 0 Å². The fourth-order valence-corrected chi connectivity index (χ4v) is 11.4. The third kappa shape index (κ3) is 23.8. The summed E-state index contributed by atoms with van der Waals surface area (Å²) in [7, 11) is 10.0. The van der Waals surface area contributed by atoms with Gasteiger partial charge >= 0.3 is 0 Å². The van der Waals surface area contributed by atoms with Crippen LogP contribution in [0.1, 0.15) is 104 Å². The van der Waals surface area contributed by atoms with Crippen molar-refractivity contribution >= 4 is 51.1 Å². The van der Waals surface area contributed by atoms with E-state index in [1.54, 1.807) is 0 Å². The number of hydrogen-bond acceptors (Lipinski definition) is 5. The van der Waals surface area contributed by atoms with Crippen molar-refractivity contribution in [2.75, 3.05) is 11.5 Å². The summed E-state index contributed by atoms with van der Waals surface area (Å²) in [6, 6.07) is 0. The molecule has 0 amide bonds. The average molecular weight is 415 g/mol. The SMILES string of the molecule is CCCCCCCCCSSSSSCCCCCCCCC. The normalized spacial score (nSPS) is 11.2. The minimum Gasteiger partial charge on any atom is -0.0817 e. The van der Waals surface area contributed by atoms with Gasteiger partial charge in [0.25, 0.3) is 0 Å². The standard InChI is InChI=1S/C18H38S5/c1-3-5-7-9-11-13-15-17-19-21-23-22-20-18-16-14-12-10-8-6-4-2/h3-18H2,1-2H3. The van der Waals surface area contributed by atoms with Gasteiger partial charge in [0.1, 0.15) is 0 Å². The van der Waals surface area contributed by atoms with Crippen molar-refractivity contribution in [3.8, 4) is 0 Å². The van der Waals surface area contributed by atoms with Crippen LogP contribution in [0.4, 0.5) is 0 Å². The largest absolute Gasteiger partial charge is 0.0817 e. The van der Waals surface area contributed by atoms with Gasteiger partial charge in [0.05, 0.1) is 0 Å². The van der Waals surface area contributed by atoms with E-state index in [2.05, 4.69) is 13.8 Å². The molecule has 0 aliphatic carbocycles. The molecule has 0 N–H and O–H groups in total. The molecule has 5 heteroatoms. The van der Waals surface area contributed by atoms with Crippen molar-refractivity contribution < 1.29 is 0 Å². The van der Waals surface area contributed by atoms with Gasteiger partial charge in [0.2, 0.25) is 0 Å². The second kappa shape index (κ2) is 23.8. The van der Waals surface area contributed by atoms with E-state index in [-0.39, 0.29) is 0 Å². The Morgan fingerprint density at radius 2 is 0.739 bits per heavy atom. The van der Waals surface area contributed by atoms with Crippen molar-refractivity contribution in [2.45, 2.75) is 104 Å². The predicted molar refractivity (Wildman–Crippen MR) is 124 cm³/mol. The lowest BCUT2D eigenvalue weighted by atomic mass is 10.1. The maximum absolute atomic E-state index is 2.29. The molecule has 23 heavy (non-hydrogen) atoms. The van der Waals surface area contributed by atoms with Crippen LogP contribution in [-0.2, 0) is 0 Å². The van der Waals surface area contributed by atoms with Gasteiger partial charge in [-0.3, -0.25) is 0 Å². The van der Waals surface area contributed by atoms with Gasteiger partial charge in [-0.05, 0) is 42.3 Å². The van der Waals surface area contributed by atoms with Crippen molar-refractivity contribution in [1.29, 1.82) is 0 Å². The molecule has 0 saturated carbocycles. The Morgan fingerprint density at radius 3 is 1.13 bits per heavy atom. The van der Waals surface area contributed by atoms with Crippen LogP contribution in [0.25, 0.3) is 0 Å². The highest BCUT2D eigenvalue weighted by atomic mass is 33.8. The molecule has 0 radical (unpaired) electrons. The van der Waals surface area contributed by atoms with E-state index in [4.69, 9.17) is 0 Å². The Bertz CT molecular complexity index is 182. The van der Waals surface area contributed by atoms with Crippen LogP contribution in [0.15, 0.2) is 0 Å². The van der Waals surface area contributed by atoms with Crippen molar-refractivity contribution in [2.24, 2.45) is 0 Å². The molecule has 0 atom stereocenters. The van der Waals surface area contributed by atoms with E-state index in [1.165, 1.54) is 101 Å². The summed E-state index contributed by atoms with van der Waals surface area (Å²) in [5, 5.41) is 0. The third-order valence-electron chi connectivity index (χ3n) is 3.81. The maximum atomic E-state index is 2.29. The molecule has 0 spiro atoms. The molecule has 0 saturated heterocycles. The minimum atomic E-state index is 1.33. The quantitative estimate of drug-likeness (QED) is 0.143. The average Bonchev–Trinajstić information content (AvgIpc) is 2.57. The summed E-state index contributed by atoms with van der Waals surface area (Å²) in [6.07, 6.45) is 19.9. The highest BCUT2D eigenvalue weighted by Gasteiger charge is 1.96. The first-order chi connectivity index (χ1) is 11.4. The molecule has 0 aromatic heterocycles. The van der Waals surface area contributed by atoms with Crippen LogP contribution >= 0.6 is 51.1 Å². The molecule has 0 bridgehead atoms. The van der Waals surface area contributed by atoms with E-state index in [0.717, 1.165) is 0 Å². The topological polar surface area (TPSA) is 0 Å². The highest BCUT2D eigenvalue weighted by molar-refractivity contribution is 9.35. The molecule has 0 aromatic carbocycles. The fraction of sp³-hybridized carbons (Fsp3) is 1.00. The lowest BCUT2D eigenvalue weighted by molar-refractivity contribution is 0.604. The van der Waals surface area contributed by atoms with Crippen LogP contribution < -0.4 is 0 Å². The third-order valence-corrected chi connectivity index (χ3v) is 12.7. The fourth-order valence-electron chi connectivity index (χ4n) is 2.35. The summed E-state index contributed by atoms with van der Waals surface area (Å²) >= 11 is 0. The highest BCUT2D eigenvalue weighted by Crippen LogP contribution is 2.48. The monoisotopic (exact) mass is 414 g/mol. The van der Waals surface area contributed by atoms with E-state index in [0.29, 0.717) is 0 Å². The van der Waals surface area contributed by atoms with Gasteiger partial charge in [-0.2, -0.15) is 0 Å². The maximum Gasteiger partial charge on any atom is 0.00454 e. The van der Waals surface area contributed by atoms with Crippen LogP contribution in [-0.4, -0.2) is 11.5 Å². The van der Waals surface area contributed by atoms with Gasteiger partial charge in [-0.15, -0.1) is 0 Å². The zero-order valence-corrected chi connectivity index (χ0v) is 19.4. The van der Waals surface area contributed by atoms with Crippen LogP contribution in [0.5, 0.6) is 0 Å². The molecule has 0 fully saturated rings. The van der Waals surface area contributed by atoms with Gasteiger partial charge in [0, 0.05) is 11.5 Å². The van der Waals surface area contributed by atoms with Crippen LogP contribution in [0.2, 0.25) is 0 Å². The molecule has 0 aliphatic heterocycles.